The van der Waals surface area contributed by atoms with E-state index in [-0.39, 0.29) is 5.91 Å². The molecular weight excluding hydrogens is 286 g/mol. The van der Waals surface area contributed by atoms with Crippen LogP contribution < -0.4 is 5.32 Å². The number of carbonyl (C=O) groups excluding carboxylic acids is 1. The summed E-state index contributed by atoms with van der Waals surface area (Å²) in [5.41, 5.74) is 2.81. The van der Waals surface area contributed by atoms with Crippen LogP contribution in [-0.2, 0) is 6.42 Å². The molecule has 1 N–H and O–H groups in total. The number of benzene rings is 2. The lowest BCUT2D eigenvalue weighted by atomic mass is 10.1. The molecule has 0 aliphatic carbocycles. The molecule has 2 aromatic rings. The van der Waals surface area contributed by atoms with Gasteiger partial charge in [0.05, 0.1) is 0 Å². The minimum atomic E-state index is -0.0599. The van der Waals surface area contributed by atoms with Crippen molar-refractivity contribution < 1.29 is 4.79 Å². The maximum atomic E-state index is 12.2. The normalized spacial score (nSPS) is 13.7. The second-order valence-electron chi connectivity index (χ2n) is 4.78. The summed E-state index contributed by atoms with van der Waals surface area (Å²) in [5.74, 6) is 1.12. The number of aryl methyl sites for hydroxylation is 1. The Morgan fingerprint density at radius 1 is 1.15 bits per heavy atom. The summed E-state index contributed by atoms with van der Waals surface area (Å²) in [5, 5.41) is 2.91. The molecule has 0 radical (unpaired) electrons. The van der Waals surface area contributed by atoms with Gasteiger partial charge in [0.25, 0.3) is 5.91 Å². The third-order valence-corrected chi connectivity index (χ3v) is 4.80. The Labute approximate surface area is 128 Å². The highest BCUT2D eigenvalue weighted by atomic mass is 32.2. The maximum absolute atomic E-state index is 12.2. The van der Waals surface area contributed by atoms with Gasteiger partial charge in [-0.3, -0.25) is 4.79 Å². The molecule has 20 heavy (non-hydrogen) atoms. The number of thioether (sulfide) groups is 1. The van der Waals surface area contributed by atoms with Crippen LogP contribution in [0.4, 0.5) is 5.69 Å². The van der Waals surface area contributed by atoms with Gasteiger partial charge in [-0.2, -0.15) is 0 Å². The molecule has 0 fully saturated rings. The molecule has 4 heteroatoms. The van der Waals surface area contributed by atoms with Gasteiger partial charge in [-0.1, -0.05) is 0 Å². The zero-order valence-corrected chi connectivity index (χ0v) is 12.6. The monoisotopic (exact) mass is 301 g/mol. The molecule has 0 unspecified atom stereocenters. The number of amides is 1. The number of thiol groups is 1. The van der Waals surface area contributed by atoms with Crippen molar-refractivity contribution in [1.29, 1.82) is 0 Å². The fourth-order valence-corrected chi connectivity index (χ4v) is 3.42. The average molecular weight is 301 g/mol. The van der Waals surface area contributed by atoms with Crippen LogP contribution in [0.1, 0.15) is 22.3 Å². The predicted molar refractivity (Wildman–Crippen MR) is 87.1 cm³/mol. The lowest BCUT2D eigenvalue weighted by Crippen LogP contribution is -2.12. The van der Waals surface area contributed by atoms with Crippen molar-refractivity contribution in [1.82, 2.24) is 0 Å². The van der Waals surface area contributed by atoms with Gasteiger partial charge < -0.3 is 5.32 Å². The van der Waals surface area contributed by atoms with E-state index < -0.39 is 0 Å². The first-order chi connectivity index (χ1) is 9.72. The highest BCUT2D eigenvalue weighted by Gasteiger charge is 2.13. The van der Waals surface area contributed by atoms with Crippen molar-refractivity contribution in [2.75, 3.05) is 11.1 Å². The third-order valence-electron chi connectivity index (χ3n) is 3.30. The van der Waals surface area contributed by atoms with Gasteiger partial charge in [-0.05, 0) is 66.6 Å². The van der Waals surface area contributed by atoms with Gasteiger partial charge in [-0.15, -0.1) is 24.4 Å². The van der Waals surface area contributed by atoms with Gasteiger partial charge in [0.15, 0.2) is 0 Å². The van der Waals surface area contributed by atoms with Gasteiger partial charge in [-0.25, -0.2) is 0 Å². The van der Waals surface area contributed by atoms with E-state index >= 15 is 0 Å². The van der Waals surface area contributed by atoms with Gasteiger partial charge in [0.2, 0.25) is 0 Å². The molecule has 1 aliphatic heterocycles. The molecule has 3 rings (SSSR count). The number of fused-ring (bicyclic) bond motifs is 1. The lowest BCUT2D eigenvalue weighted by molar-refractivity contribution is 0.102. The molecule has 0 spiro atoms. The second kappa shape index (κ2) is 5.94. The van der Waals surface area contributed by atoms with E-state index in [9.17, 15) is 4.79 Å². The first kappa shape index (κ1) is 13.6. The zero-order valence-electron chi connectivity index (χ0n) is 10.9. The number of rotatable bonds is 2. The van der Waals surface area contributed by atoms with Crippen LogP contribution in [0.25, 0.3) is 0 Å². The van der Waals surface area contributed by atoms with E-state index in [4.69, 9.17) is 0 Å². The van der Waals surface area contributed by atoms with E-state index in [0.717, 1.165) is 22.6 Å². The van der Waals surface area contributed by atoms with E-state index in [1.165, 1.54) is 22.6 Å². The molecule has 0 bridgehead atoms. The molecule has 2 aromatic carbocycles. The van der Waals surface area contributed by atoms with Crippen molar-refractivity contribution in [3.8, 4) is 0 Å². The van der Waals surface area contributed by atoms with E-state index in [0.29, 0.717) is 0 Å². The SMILES string of the molecule is O=C(Nc1ccc(S)cc1)c1ccc2c(c1)CCCS2. The number of nitrogens with one attached hydrogen (secondary N) is 1. The maximum Gasteiger partial charge on any atom is 0.255 e. The summed E-state index contributed by atoms with van der Waals surface area (Å²) in [6, 6.07) is 13.4. The number of hydrogen-bond donors (Lipinski definition) is 2. The van der Waals surface area contributed by atoms with Crippen LogP contribution in [0.15, 0.2) is 52.3 Å². The molecule has 1 aliphatic rings. The number of carbonyl (C=O) groups is 1. The number of hydrogen-bond acceptors (Lipinski definition) is 3. The van der Waals surface area contributed by atoms with Crippen LogP contribution in [0.2, 0.25) is 0 Å². The minimum absolute atomic E-state index is 0.0599. The molecule has 1 heterocycles. The lowest BCUT2D eigenvalue weighted by Gasteiger charge is -2.16. The summed E-state index contributed by atoms with van der Waals surface area (Å²) >= 11 is 6.11. The Morgan fingerprint density at radius 2 is 1.95 bits per heavy atom. The van der Waals surface area contributed by atoms with Gasteiger partial charge >= 0.3 is 0 Å². The molecule has 0 aromatic heterocycles. The Bertz CT molecular complexity index is 637. The molecule has 102 valence electrons. The number of anilines is 1. The fraction of sp³-hybridized carbons (Fsp3) is 0.188. The first-order valence-electron chi connectivity index (χ1n) is 6.58. The Kier molecular flexibility index (Phi) is 4.03. The van der Waals surface area contributed by atoms with Crippen LogP contribution in [-0.4, -0.2) is 11.7 Å². The summed E-state index contributed by atoms with van der Waals surface area (Å²) < 4.78 is 0. The highest BCUT2D eigenvalue weighted by molar-refractivity contribution is 7.99. The largest absolute Gasteiger partial charge is 0.322 e. The van der Waals surface area contributed by atoms with Crippen molar-refractivity contribution in [3.05, 3.63) is 53.6 Å². The Balaban J connectivity index is 1.78. The third kappa shape index (κ3) is 3.02. The minimum Gasteiger partial charge on any atom is -0.322 e. The zero-order chi connectivity index (χ0) is 13.9. The van der Waals surface area contributed by atoms with Gasteiger partial charge in [0.1, 0.15) is 0 Å². The topological polar surface area (TPSA) is 29.1 Å². The summed E-state index contributed by atoms with van der Waals surface area (Å²) in [4.78, 5) is 14.4. The standard InChI is InChI=1S/C16H15NOS2/c18-16(17-13-4-6-14(19)7-5-13)12-3-8-15-11(10-12)2-1-9-20-15/h3-8,10,19H,1-2,9H2,(H,17,18). The van der Waals surface area contributed by atoms with Crippen molar-refractivity contribution in [2.45, 2.75) is 22.6 Å². The predicted octanol–water partition coefficient (Wildman–Crippen LogP) is 4.27. The first-order valence-corrected chi connectivity index (χ1v) is 8.02. The van der Waals surface area contributed by atoms with Crippen molar-refractivity contribution >= 4 is 36.0 Å². The fourth-order valence-electron chi connectivity index (χ4n) is 2.25. The molecular formula is C16H15NOS2. The molecule has 0 saturated heterocycles. The van der Waals surface area contributed by atoms with Gasteiger partial charge in [0, 0.05) is 21.0 Å². The second-order valence-corrected chi connectivity index (χ2v) is 6.43. The molecule has 1 amide bonds. The van der Waals surface area contributed by atoms with E-state index in [1.807, 2.05) is 48.2 Å². The molecule has 0 saturated carbocycles. The quantitative estimate of drug-likeness (QED) is 0.811. The average Bonchev–Trinajstić information content (AvgIpc) is 2.49. The van der Waals surface area contributed by atoms with Crippen molar-refractivity contribution in [3.63, 3.8) is 0 Å². The van der Waals surface area contributed by atoms with E-state index in [2.05, 4.69) is 24.0 Å². The Morgan fingerprint density at radius 3 is 2.75 bits per heavy atom. The highest BCUT2D eigenvalue weighted by Crippen LogP contribution is 2.30. The summed E-state index contributed by atoms with van der Waals surface area (Å²) in [7, 11) is 0. The Hall–Kier alpha value is -1.39. The smallest absolute Gasteiger partial charge is 0.255 e. The molecule has 0 atom stereocenters. The van der Waals surface area contributed by atoms with Crippen molar-refractivity contribution in [2.24, 2.45) is 0 Å². The summed E-state index contributed by atoms with van der Waals surface area (Å²) in [6.45, 7) is 0. The molecule has 2 nitrogen and oxygen atoms in total. The van der Waals surface area contributed by atoms with Crippen LogP contribution >= 0.6 is 24.4 Å². The van der Waals surface area contributed by atoms with Crippen LogP contribution in [0.3, 0.4) is 0 Å². The summed E-state index contributed by atoms with van der Waals surface area (Å²) in [6.07, 6.45) is 2.25. The van der Waals surface area contributed by atoms with E-state index in [1.54, 1.807) is 0 Å². The van der Waals surface area contributed by atoms with Crippen LogP contribution in [0.5, 0.6) is 0 Å². The van der Waals surface area contributed by atoms with Crippen LogP contribution in [0, 0.1) is 0 Å².